The van der Waals surface area contributed by atoms with Gasteiger partial charge in [-0.25, -0.2) is 13.6 Å². The van der Waals surface area contributed by atoms with Crippen molar-refractivity contribution in [1.29, 1.82) is 0 Å². The number of sulfonamides is 1. The lowest BCUT2D eigenvalue weighted by molar-refractivity contribution is 0.102. The maximum atomic E-state index is 12.3. The minimum absolute atomic E-state index is 0.0667. The molecule has 0 aliphatic heterocycles. The molecule has 0 atom stereocenters. The van der Waals surface area contributed by atoms with E-state index in [1.165, 1.54) is 18.2 Å². The van der Waals surface area contributed by atoms with Gasteiger partial charge in [-0.3, -0.25) is 4.79 Å². The zero-order chi connectivity index (χ0) is 19.2. The van der Waals surface area contributed by atoms with Crippen LogP contribution in [-0.2, 0) is 10.0 Å². The van der Waals surface area contributed by atoms with Gasteiger partial charge in [-0.15, -0.1) is 0 Å². The van der Waals surface area contributed by atoms with Crippen molar-refractivity contribution in [1.82, 2.24) is 5.32 Å². The number of nitrogens with one attached hydrogen (secondary N) is 3. The van der Waals surface area contributed by atoms with Crippen molar-refractivity contribution in [3.05, 3.63) is 54.1 Å². The summed E-state index contributed by atoms with van der Waals surface area (Å²) in [5.41, 5.74) is 1.52. The second-order valence-electron chi connectivity index (χ2n) is 5.49. The minimum atomic E-state index is -3.83. The van der Waals surface area contributed by atoms with Gasteiger partial charge < -0.3 is 16.0 Å². The molecule has 0 aliphatic rings. The predicted octanol–water partition coefficient (Wildman–Crippen LogP) is 2.28. The molecule has 26 heavy (non-hydrogen) atoms. The lowest BCUT2D eigenvalue weighted by Crippen LogP contribution is -2.28. The number of primary sulfonamides is 1. The molecule has 0 heterocycles. The molecule has 5 N–H and O–H groups in total. The first-order valence-electron chi connectivity index (χ1n) is 7.88. The number of rotatable bonds is 6. The van der Waals surface area contributed by atoms with Gasteiger partial charge in [0.25, 0.3) is 5.91 Å². The van der Waals surface area contributed by atoms with Crippen molar-refractivity contribution in [3.63, 3.8) is 0 Å². The van der Waals surface area contributed by atoms with Gasteiger partial charge in [0.05, 0.1) is 4.90 Å². The highest BCUT2D eigenvalue weighted by Gasteiger charge is 2.11. The van der Waals surface area contributed by atoms with E-state index in [-0.39, 0.29) is 10.8 Å². The molecule has 0 aliphatic carbocycles. The molecule has 9 heteroatoms. The zero-order valence-electron chi connectivity index (χ0n) is 14.2. The Morgan fingerprint density at radius 2 is 1.77 bits per heavy atom. The Balaban J connectivity index is 2.03. The highest BCUT2D eigenvalue weighted by molar-refractivity contribution is 7.89. The fourth-order valence-electron chi connectivity index (χ4n) is 2.07. The Morgan fingerprint density at radius 3 is 2.38 bits per heavy atom. The van der Waals surface area contributed by atoms with Crippen molar-refractivity contribution >= 4 is 44.6 Å². The zero-order valence-corrected chi connectivity index (χ0v) is 15.8. The Bertz CT molecular complexity index is 896. The van der Waals surface area contributed by atoms with Crippen molar-refractivity contribution in [2.75, 3.05) is 17.2 Å². The molecule has 7 nitrogen and oxygen atoms in total. The van der Waals surface area contributed by atoms with E-state index < -0.39 is 10.0 Å². The predicted molar refractivity (Wildman–Crippen MR) is 107 cm³/mol. The lowest BCUT2D eigenvalue weighted by Gasteiger charge is -2.10. The summed E-state index contributed by atoms with van der Waals surface area (Å²) >= 11 is 5.15. The van der Waals surface area contributed by atoms with Crippen LogP contribution in [0.5, 0.6) is 0 Å². The summed E-state index contributed by atoms with van der Waals surface area (Å²) in [6.45, 7) is 2.82. The quantitative estimate of drug-likeness (QED) is 0.561. The maximum Gasteiger partial charge on any atom is 0.255 e. The van der Waals surface area contributed by atoms with E-state index in [9.17, 15) is 13.2 Å². The van der Waals surface area contributed by atoms with E-state index >= 15 is 0 Å². The Labute approximate surface area is 158 Å². The summed E-state index contributed by atoms with van der Waals surface area (Å²) in [5.74, 6) is -0.366. The van der Waals surface area contributed by atoms with E-state index in [2.05, 4.69) is 16.0 Å². The molecule has 0 aromatic heterocycles. The molecule has 2 aromatic rings. The summed E-state index contributed by atoms with van der Waals surface area (Å²) in [6, 6.07) is 12.5. The monoisotopic (exact) mass is 392 g/mol. The van der Waals surface area contributed by atoms with Gasteiger partial charge in [-0.1, -0.05) is 13.0 Å². The fourth-order valence-corrected chi connectivity index (χ4v) is 2.85. The molecule has 2 aromatic carbocycles. The number of anilines is 2. The summed E-state index contributed by atoms with van der Waals surface area (Å²) < 4.78 is 22.7. The van der Waals surface area contributed by atoms with Crippen molar-refractivity contribution in [3.8, 4) is 0 Å². The van der Waals surface area contributed by atoms with Gasteiger partial charge in [0.15, 0.2) is 5.11 Å². The van der Waals surface area contributed by atoms with Gasteiger partial charge in [-0.05, 0) is 61.1 Å². The third-order valence-electron chi connectivity index (χ3n) is 3.36. The minimum Gasteiger partial charge on any atom is -0.362 e. The number of carbonyl (C=O) groups is 1. The third-order valence-corrected chi connectivity index (χ3v) is 4.52. The number of nitrogens with two attached hydrogens (primary N) is 1. The highest BCUT2D eigenvalue weighted by Crippen LogP contribution is 2.16. The van der Waals surface area contributed by atoms with Gasteiger partial charge in [0.2, 0.25) is 10.0 Å². The van der Waals surface area contributed by atoms with Gasteiger partial charge >= 0.3 is 0 Å². The van der Waals surface area contributed by atoms with Gasteiger partial charge in [0.1, 0.15) is 0 Å². The summed E-state index contributed by atoms with van der Waals surface area (Å²) in [4.78, 5) is 12.2. The number of carbonyl (C=O) groups excluding carboxylic acids is 1. The topological polar surface area (TPSA) is 113 Å². The number of benzene rings is 2. The molecule has 0 fully saturated rings. The molecular formula is C17H20N4O3S2. The molecule has 0 bridgehead atoms. The summed E-state index contributed by atoms with van der Waals surface area (Å²) in [7, 11) is -3.83. The third kappa shape index (κ3) is 5.80. The van der Waals surface area contributed by atoms with Crippen LogP contribution in [0.4, 0.5) is 11.4 Å². The molecule has 2 rings (SSSR count). The van der Waals surface area contributed by atoms with Crippen LogP contribution in [0.2, 0.25) is 0 Å². The molecule has 0 saturated heterocycles. The van der Waals surface area contributed by atoms with Crippen LogP contribution in [0, 0.1) is 0 Å². The van der Waals surface area contributed by atoms with Crippen LogP contribution in [0.1, 0.15) is 23.7 Å². The van der Waals surface area contributed by atoms with Crippen LogP contribution >= 0.6 is 12.2 Å². The average Bonchev–Trinajstić information content (AvgIpc) is 2.60. The fraction of sp³-hybridized carbons (Fsp3) is 0.176. The molecule has 1 amide bonds. The summed E-state index contributed by atoms with van der Waals surface area (Å²) in [6.07, 6.45) is 0.966. The van der Waals surface area contributed by atoms with Crippen LogP contribution in [0.25, 0.3) is 0 Å². The van der Waals surface area contributed by atoms with E-state index in [1.807, 2.05) is 6.92 Å². The second-order valence-corrected chi connectivity index (χ2v) is 7.45. The number of hydrogen-bond donors (Lipinski definition) is 4. The Kier molecular flexibility index (Phi) is 6.67. The molecule has 138 valence electrons. The number of hydrogen-bond acceptors (Lipinski definition) is 4. The first-order valence-corrected chi connectivity index (χ1v) is 9.84. The smallest absolute Gasteiger partial charge is 0.255 e. The lowest BCUT2D eigenvalue weighted by atomic mass is 10.2. The van der Waals surface area contributed by atoms with Crippen molar-refractivity contribution in [2.24, 2.45) is 5.14 Å². The molecule has 0 saturated carbocycles. The number of amides is 1. The molecule has 0 radical (unpaired) electrons. The van der Waals surface area contributed by atoms with Gasteiger partial charge in [-0.2, -0.15) is 0 Å². The average molecular weight is 393 g/mol. The van der Waals surface area contributed by atoms with E-state index in [1.54, 1.807) is 30.3 Å². The number of thiocarbonyl (C=S) groups is 1. The SMILES string of the molecule is CCCNC(=S)Nc1ccc(C(=O)Nc2cccc(S(N)(=O)=O)c2)cc1. The van der Waals surface area contributed by atoms with E-state index in [0.717, 1.165) is 18.7 Å². The first-order chi connectivity index (χ1) is 12.3. The van der Waals surface area contributed by atoms with Crippen LogP contribution in [-0.4, -0.2) is 26.0 Å². The second kappa shape index (κ2) is 8.75. The van der Waals surface area contributed by atoms with Crippen LogP contribution < -0.4 is 21.1 Å². The standard InChI is InChI=1S/C17H20N4O3S2/c1-2-10-19-17(25)21-13-8-6-12(7-9-13)16(22)20-14-4-3-5-15(11-14)26(18,23)24/h3-9,11H,2,10H2,1H3,(H,20,22)(H2,18,23,24)(H2,19,21,25). The van der Waals surface area contributed by atoms with E-state index in [0.29, 0.717) is 16.4 Å². The molecule has 0 unspecified atom stereocenters. The molecule has 0 spiro atoms. The highest BCUT2D eigenvalue weighted by atomic mass is 32.2. The van der Waals surface area contributed by atoms with Crippen molar-refractivity contribution in [2.45, 2.75) is 18.2 Å². The summed E-state index contributed by atoms with van der Waals surface area (Å²) in [5, 5.41) is 14.3. The molecular weight excluding hydrogens is 372 g/mol. The largest absolute Gasteiger partial charge is 0.362 e. The van der Waals surface area contributed by atoms with Crippen LogP contribution in [0.3, 0.4) is 0 Å². The first kappa shape index (κ1) is 19.8. The van der Waals surface area contributed by atoms with Gasteiger partial charge in [0, 0.05) is 23.5 Å². The van der Waals surface area contributed by atoms with E-state index in [4.69, 9.17) is 17.4 Å². The van der Waals surface area contributed by atoms with Crippen LogP contribution in [0.15, 0.2) is 53.4 Å². The Hall–Kier alpha value is -2.49. The Morgan fingerprint density at radius 1 is 1.08 bits per heavy atom. The normalized spacial score (nSPS) is 10.8. The van der Waals surface area contributed by atoms with Crippen molar-refractivity contribution < 1.29 is 13.2 Å². The maximum absolute atomic E-state index is 12.3.